The minimum atomic E-state index is -2.18. The summed E-state index contributed by atoms with van der Waals surface area (Å²) >= 11 is 0. The second-order valence-corrected chi connectivity index (χ2v) is 6.02. The van der Waals surface area contributed by atoms with Crippen LogP contribution >= 0.6 is 0 Å². The molecule has 0 radical (unpaired) electrons. The molecule has 1 fully saturated rings. The maximum absolute atomic E-state index is 13.1. The van der Waals surface area contributed by atoms with Crippen molar-refractivity contribution in [1.82, 2.24) is 5.32 Å². The molecule has 2 aromatic rings. The monoisotopic (exact) mass is 358 g/mol. The largest absolute Gasteiger partial charge is 0.410 e. The molecule has 2 amide bonds. The first-order valence-corrected chi connectivity index (χ1v) is 8.29. The number of rotatable bonds is 5. The molecule has 0 aliphatic carbocycles. The van der Waals surface area contributed by atoms with Crippen LogP contribution in [0, 0.1) is 5.82 Å². The maximum atomic E-state index is 13.1. The summed E-state index contributed by atoms with van der Waals surface area (Å²) in [4.78, 5) is 25.7. The topological polar surface area (TPSA) is 78.9 Å². The average Bonchev–Trinajstić information content (AvgIpc) is 2.91. The number of alkyl carbamates (subject to hydrolysis) is 1. The lowest BCUT2D eigenvalue weighted by Crippen LogP contribution is -2.46. The third-order valence-corrected chi connectivity index (χ3v) is 4.16. The van der Waals surface area contributed by atoms with E-state index in [1.807, 2.05) is 6.07 Å². The molecule has 136 valence electrons. The van der Waals surface area contributed by atoms with Gasteiger partial charge in [0.2, 0.25) is 0 Å². The van der Waals surface area contributed by atoms with Gasteiger partial charge in [0.15, 0.2) is 0 Å². The maximum Gasteiger partial charge on any atom is 0.410 e. The SMILES string of the molecule is O=C(NCCc1cccc(F)c1)O[C@@]1(O)CCN(c2ccccc2)C1=O. The van der Waals surface area contributed by atoms with Gasteiger partial charge in [-0.05, 0) is 36.2 Å². The van der Waals surface area contributed by atoms with Crippen molar-refractivity contribution in [2.24, 2.45) is 0 Å². The van der Waals surface area contributed by atoms with Crippen LogP contribution in [0.2, 0.25) is 0 Å². The number of halogens is 1. The summed E-state index contributed by atoms with van der Waals surface area (Å²) in [6, 6.07) is 14.9. The molecule has 2 aromatic carbocycles. The van der Waals surface area contributed by atoms with Gasteiger partial charge in [-0.25, -0.2) is 9.18 Å². The smallest absolute Gasteiger partial charge is 0.407 e. The zero-order valence-corrected chi connectivity index (χ0v) is 14.0. The van der Waals surface area contributed by atoms with Gasteiger partial charge in [-0.15, -0.1) is 0 Å². The molecule has 1 saturated heterocycles. The van der Waals surface area contributed by atoms with Crippen molar-refractivity contribution in [3.63, 3.8) is 0 Å². The molecule has 7 heteroatoms. The molecule has 2 N–H and O–H groups in total. The zero-order chi connectivity index (χ0) is 18.6. The molecule has 1 aliphatic heterocycles. The molecule has 1 aliphatic rings. The van der Waals surface area contributed by atoms with E-state index in [0.29, 0.717) is 12.1 Å². The number of para-hydroxylation sites is 1. The van der Waals surface area contributed by atoms with Crippen LogP contribution in [0.15, 0.2) is 54.6 Å². The van der Waals surface area contributed by atoms with Crippen LogP contribution < -0.4 is 10.2 Å². The van der Waals surface area contributed by atoms with E-state index >= 15 is 0 Å². The normalized spacial score (nSPS) is 19.5. The van der Waals surface area contributed by atoms with Crippen molar-refractivity contribution in [3.8, 4) is 0 Å². The van der Waals surface area contributed by atoms with Crippen molar-refractivity contribution in [2.75, 3.05) is 18.0 Å². The number of nitrogens with one attached hydrogen (secondary N) is 1. The molecule has 0 spiro atoms. The zero-order valence-electron chi connectivity index (χ0n) is 14.0. The lowest BCUT2D eigenvalue weighted by molar-refractivity contribution is -0.175. The van der Waals surface area contributed by atoms with Crippen molar-refractivity contribution >= 4 is 17.7 Å². The number of aliphatic hydroxyl groups is 1. The fourth-order valence-corrected chi connectivity index (χ4v) is 2.82. The molecule has 26 heavy (non-hydrogen) atoms. The van der Waals surface area contributed by atoms with Gasteiger partial charge in [0.05, 0.1) is 0 Å². The molecule has 6 nitrogen and oxygen atoms in total. The summed E-state index contributed by atoms with van der Waals surface area (Å²) in [7, 11) is 0. The third-order valence-electron chi connectivity index (χ3n) is 4.16. The summed E-state index contributed by atoms with van der Waals surface area (Å²) in [5, 5.41) is 12.9. The predicted molar refractivity (Wildman–Crippen MR) is 92.9 cm³/mol. The molecular weight excluding hydrogens is 339 g/mol. The molecule has 3 rings (SSSR count). The number of nitrogens with zero attached hydrogens (tertiary/aromatic N) is 1. The first-order valence-electron chi connectivity index (χ1n) is 8.29. The van der Waals surface area contributed by atoms with E-state index < -0.39 is 17.8 Å². The fraction of sp³-hybridized carbons (Fsp3) is 0.263. The summed E-state index contributed by atoms with van der Waals surface area (Å²) in [5.74, 6) is -3.21. The van der Waals surface area contributed by atoms with Crippen LogP contribution in [-0.2, 0) is 16.0 Å². The summed E-state index contributed by atoms with van der Waals surface area (Å²) in [5.41, 5.74) is 1.35. The number of hydrogen-bond acceptors (Lipinski definition) is 4. The Bertz CT molecular complexity index is 799. The van der Waals surface area contributed by atoms with Crippen molar-refractivity contribution in [1.29, 1.82) is 0 Å². The van der Waals surface area contributed by atoms with Gasteiger partial charge < -0.3 is 20.1 Å². The van der Waals surface area contributed by atoms with Gasteiger partial charge in [0.25, 0.3) is 11.7 Å². The Hall–Kier alpha value is -2.93. The van der Waals surface area contributed by atoms with E-state index in [1.54, 1.807) is 36.4 Å². The molecule has 0 aromatic heterocycles. The number of benzene rings is 2. The first-order chi connectivity index (χ1) is 12.5. The van der Waals surface area contributed by atoms with Gasteiger partial charge >= 0.3 is 6.09 Å². The predicted octanol–water partition coefficient (Wildman–Crippen LogP) is 2.22. The Morgan fingerprint density at radius 3 is 2.73 bits per heavy atom. The molecule has 0 unspecified atom stereocenters. The van der Waals surface area contributed by atoms with Gasteiger partial charge in [0.1, 0.15) is 5.82 Å². The third kappa shape index (κ3) is 4.00. The summed E-state index contributed by atoms with van der Waals surface area (Å²) < 4.78 is 18.1. The van der Waals surface area contributed by atoms with E-state index in [1.165, 1.54) is 17.0 Å². The van der Waals surface area contributed by atoms with Crippen LogP contribution in [0.3, 0.4) is 0 Å². The molecule has 0 bridgehead atoms. The lowest BCUT2D eigenvalue weighted by atomic mass is 10.1. The van der Waals surface area contributed by atoms with Gasteiger partial charge in [-0.2, -0.15) is 0 Å². The van der Waals surface area contributed by atoms with E-state index in [0.717, 1.165) is 5.56 Å². The molecule has 1 heterocycles. The highest BCUT2D eigenvalue weighted by Crippen LogP contribution is 2.29. The highest BCUT2D eigenvalue weighted by atomic mass is 19.1. The quantitative estimate of drug-likeness (QED) is 0.804. The first kappa shape index (κ1) is 17.9. The Balaban J connectivity index is 1.53. The van der Waals surface area contributed by atoms with Crippen molar-refractivity contribution in [2.45, 2.75) is 18.6 Å². The Morgan fingerprint density at radius 1 is 1.23 bits per heavy atom. The minimum absolute atomic E-state index is 0.0158. The number of anilines is 1. The second-order valence-electron chi connectivity index (χ2n) is 6.02. The fourth-order valence-electron chi connectivity index (χ4n) is 2.82. The van der Waals surface area contributed by atoms with Crippen LogP contribution in [0.5, 0.6) is 0 Å². The molecule has 0 saturated carbocycles. The minimum Gasteiger partial charge on any atom is -0.407 e. The van der Waals surface area contributed by atoms with Crippen LogP contribution in [0.1, 0.15) is 12.0 Å². The summed E-state index contributed by atoms with van der Waals surface area (Å²) in [6.45, 7) is 0.435. The van der Waals surface area contributed by atoms with Crippen LogP contribution in [0.25, 0.3) is 0 Å². The van der Waals surface area contributed by atoms with Gasteiger partial charge in [-0.3, -0.25) is 4.79 Å². The van der Waals surface area contributed by atoms with Crippen molar-refractivity contribution < 1.29 is 23.8 Å². The number of carbonyl (C=O) groups excluding carboxylic acids is 2. The number of hydrogen-bond donors (Lipinski definition) is 2. The molecule has 1 atom stereocenters. The Kier molecular flexibility index (Phi) is 5.18. The average molecular weight is 358 g/mol. The van der Waals surface area contributed by atoms with E-state index in [2.05, 4.69) is 5.32 Å². The standard InChI is InChI=1S/C19H19FN2O4/c20-15-6-4-5-14(13-15)9-11-21-18(24)26-19(25)10-12-22(17(19)23)16-7-2-1-3-8-16/h1-8,13,25H,9-12H2,(H,21,24)/t19-/m0/s1. The number of carbonyl (C=O) groups is 2. The Labute approximate surface area is 150 Å². The van der Waals surface area contributed by atoms with E-state index in [4.69, 9.17) is 4.74 Å². The Morgan fingerprint density at radius 2 is 2.00 bits per heavy atom. The molecular formula is C19H19FN2O4. The summed E-state index contributed by atoms with van der Waals surface area (Å²) in [6.07, 6.45) is -0.514. The number of amides is 2. The highest BCUT2D eigenvalue weighted by molar-refractivity contribution is 6.01. The van der Waals surface area contributed by atoms with E-state index in [-0.39, 0.29) is 25.3 Å². The highest BCUT2D eigenvalue weighted by Gasteiger charge is 2.49. The van der Waals surface area contributed by atoms with Gasteiger partial charge in [0, 0.05) is 25.2 Å². The van der Waals surface area contributed by atoms with Crippen LogP contribution in [-0.4, -0.2) is 36.0 Å². The van der Waals surface area contributed by atoms with Crippen LogP contribution in [0.4, 0.5) is 14.9 Å². The van der Waals surface area contributed by atoms with Gasteiger partial charge in [-0.1, -0.05) is 30.3 Å². The van der Waals surface area contributed by atoms with Crippen molar-refractivity contribution in [3.05, 3.63) is 66.0 Å². The lowest BCUT2D eigenvalue weighted by Gasteiger charge is -2.22. The number of ether oxygens (including phenoxy) is 1. The second kappa shape index (κ2) is 7.53. The van der Waals surface area contributed by atoms with E-state index in [9.17, 15) is 19.1 Å².